The van der Waals surface area contributed by atoms with E-state index in [1.165, 1.54) is 0 Å². The molecule has 5 heteroatoms. The lowest BCUT2D eigenvalue weighted by Gasteiger charge is -2.39. The molecule has 1 aromatic rings. The molecule has 1 fully saturated rings. The van der Waals surface area contributed by atoms with Crippen LogP contribution in [0, 0.1) is 0 Å². The monoisotopic (exact) mass is 254 g/mol. The Labute approximate surface area is 106 Å². The van der Waals surface area contributed by atoms with Gasteiger partial charge < -0.3 is 24.8 Å². The van der Waals surface area contributed by atoms with Crippen LogP contribution in [0.15, 0.2) is 30.3 Å². The number of hydrogen-bond acceptors (Lipinski definition) is 5. The molecule has 100 valence electrons. The highest BCUT2D eigenvalue weighted by molar-refractivity contribution is 5.13. The average molecular weight is 254 g/mol. The highest BCUT2D eigenvalue weighted by Gasteiger charge is 2.42. The van der Waals surface area contributed by atoms with Crippen LogP contribution in [0.3, 0.4) is 0 Å². The Morgan fingerprint density at radius 3 is 2.44 bits per heavy atom. The lowest BCUT2D eigenvalue weighted by molar-refractivity contribution is -0.287. The quantitative estimate of drug-likeness (QED) is 0.709. The second-order valence-corrected chi connectivity index (χ2v) is 4.47. The van der Waals surface area contributed by atoms with E-state index in [2.05, 4.69) is 0 Å². The lowest BCUT2D eigenvalue weighted by atomic mass is 10.00. The Morgan fingerprint density at radius 1 is 1.11 bits per heavy atom. The highest BCUT2D eigenvalue weighted by Crippen LogP contribution is 2.23. The molecule has 0 spiro atoms. The predicted molar refractivity (Wildman–Crippen MR) is 63.6 cm³/mol. The zero-order valence-electron chi connectivity index (χ0n) is 10.1. The second kappa shape index (κ2) is 5.77. The first kappa shape index (κ1) is 13.5. The zero-order valence-corrected chi connectivity index (χ0v) is 10.1. The van der Waals surface area contributed by atoms with Gasteiger partial charge in [0, 0.05) is 0 Å². The molecular formula is C13H18O5. The van der Waals surface area contributed by atoms with Crippen LogP contribution in [0.2, 0.25) is 0 Å². The van der Waals surface area contributed by atoms with E-state index in [0.29, 0.717) is 0 Å². The predicted octanol–water partition coefficient (Wildman–Crippen LogP) is 0.0307. The second-order valence-electron chi connectivity index (χ2n) is 4.47. The van der Waals surface area contributed by atoms with E-state index in [9.17, 15) is 15.3 Å². The molecule has 1 aliphatic heterocycles. The fourth-order valence-corrected chi connectivity index (χ4v) is 1.98. The van der Waals surface area contributed by atoms with Gasteiger partial charge in [-0.3, -0.25) is 0 Å². The third-order valence-electron chi connectivity index (χ3n) is 3.09. The molecule has 0 bridgehead atoms. The van der Waals surface area contributed by atoms with E-state index >= 15 is 0 Å². The van der Waals surface area contributed by atoms with Crippen molar-refractivity contribution in [2.45, 2.75) is 44.2 Å². The Morgan fingerprint density at radius 2 is 1.78 bits per heavy atom. The average Bonchev–Trinajstić information content (AvgIpc) is 2.38. The van der Waals surface area contributed by atoms with E-state index in [-0.39, 0.29) is 6.61 Å². The molecule has 0 aliphatic carbocycles. The highest BCUT2D eigenvalue weighted by atomic mass is 16.6. The van der Waals surface area contributed by atoms with Gasteiger partial charge >= 0.3 is 0 Å². The molecule has 0 amide bonds. The summed E-state index contributed by atoms with van der Waals surface area (Å²) in [5.74, 6) is 0. The first-order valence-electron chi connectivity index (χ1n) is 5.95. The van der Waals surface area contributed by atoms with Crippen LogP contribution in [-0.2, 0) is 16.1 Å². The summed E-state index contributed by atoms with van der Waals surface area (Å²) in [4.78, 5) is 0. The van der Waals surface area contributed by atoms with Crippen molar-refractivity contribution in [1.29, 1.82) is 0 Å². The van der Waals surface area contributed by atoms with Gasteiger partial charge in [0.2, 0.25) is 0 Å². The maximum absolute atomic E-state index is 9.88. The topological polar surface area (TPSA) is 79.2 Å². The zero-order chi connectivity index (χ0) is 13.1. The molecule has 0 unspecified atom stereocenters. The normalized spacial score (nSPS) is 36.6. The largest absolute Gasteiger partial charge is 0.388 e. The molecular weight excluding hydrogens is 236 g/mol. The van der Waals surface area contributed by atoms with Gasteiger partial charge in [0.1, 0.15) is 18.3 Å². The Bertz CT molecular complexity index is 355. The van der Waals surface area contributed by atoms with Crippen molar-refractivity contribution in [3.63, 3.8) is 0 Å². The third kappa shape index (κ3) is 2.88. The molecule has 1 aromatic carbocycles. The van der Waals surface area contributed by atoms with E-state index in [0.717, 1.165) is 5.56 Å². The van der Waals surface area contributed by atoms with Gasteiger partial charge in [-0.15, -0.1) is 0 Å². The fourth-order valence-electron chi connectivity index (χ4n) is 1.98. The van der Waals surface area contributed by atoms with Crippen LogP contribution in [-0.4, -0.2) is 46.0 Å². The lowest BCUT2D eigenvalue weighted by Crippen LogP contribution is -2.57. The third-order valence-corrected chi connectivity index (χ3v) is 3.09. The van der Waals surface area contributed by atoms with Crippen LogP contribution in [0.25, 0.3) is 0 Å². The molecule has 3 N–H and O–H groups in total. The number of ether oxygens (including phenoxy) is 2. The number of aliphatic hydroxyl groups is 3. The van der Waals surface area contributed by atoms with Crippen molar-refractivity contribution in [2.24, 2.45) is 0 Å². The Hall–Kier alpha value is -0.980. The van der Waals surface area contributed by atoms with Gasteiger partial charge in [-0.2, -0.15) is 0 Å². The summed E-state index contributed by atoms with van der Waals surface area (Å²) in [5.41, 5.74) is 0.936. The number of aliphatic hydroxyl groups excluding tert-OH is 3. The van der Waals surface area contributed by atoms with Gasteiger partial charge in [-0.1, -0.05) is 30.3 Å². The van der Waals surface area contributed by atoms with Crippen molar-refractivity contribution in [1.82, 2.24) is 0 Å². The van der Waals surface area contributed by atoms with E-state index < -0.39 is 30.7 Å². The van der Waals surface area contributed by atoms with Crippen LogP contribution < -0.4 is 0 Å². The van der Waals surface area contributed by atoms with Crippen molar-refractivity contribution < 1.29 is 24.8 Å². The summed E-state index contributed by atoms with van der Waals surface area (Å²) in [6, 6.07) is 9.43. The van der Waals surface area contributed by atoms with Gasteiger partial charge in [-0.05, 0) is 12.5 Å². The molecule has 1 saturated heterocycles. The molecule has 2 rings (SSSR count). The summed E-state index contributed by atoms with van der Waals surface area (Å²) in [6.07, 6.45) is -4.98. The Kier molecular flexibility index (Phi) is 4.31. The molecule has 0 aromatic heterocycles. The fraction of sp³-hybridized carbons (Fsp3) is 0.538. The number of hydrogen-bond donors (Lipinski definition) is 3. The molecule has 1 aliphatic rings. The van der Waals surface area contributed by atoms with Gasteiger partial charge in [0.25, 0.3) is 0 Å². The van der Waals surface area contributed by atoms with Crippen LogP contribution in [0.5, 0.6) is 0 Å². The minimum atomic E-state index is -1.33. The number of rotatable bonds is 3. The number of benzene rings is 1. The van der Waals surface area contributed by atoms with Gasteiger partial charge in [-0.25, -0.2) is 0 Å². The molecule has 5 atom stereocenters. The van der Waals surface area contributed by atoms with Crippen molar-refractivity contribution >= 4 is 0 Å². The first-order valence-corrected chi connectivity index (χ1v) is 5.95. The minimum Gasteiger partial charge on any atom is -0.388 e. The first-order chi connectivity index (χ1) is 8.59. The van der Waals surface area contributed by atoms with E-state index in [4.69, 9.17) is 9.47 Å². The van der Waals surface area contributed by atoms with Crippen molar-refractivity contribution in [2.75, 3.05) is 0 Å². The smallest absolute Gasteiger partial charge is 0.183 e. The maximum Gasteiger partial charge on any atom is 0.183 e. The Balaban J connectivity index is 1.98. The summed E-state index contributed by atoms with van der Waals surface area (Å²) in [6.45, 7) is 1.89. The molecule has 18 heavy (non-hydrogen) atoms. The van der Waals surface area contributed by atoms with E-state index in [1.807, 2.05) is 30.3 Å². The summed E-state index contributed by atoms with van der Waals surface area (Å²) in [7, 11) is 0. The van der Waals surface area contributed by atoms with Crippen LogP contribution >= 0.6 is 0 Å². The maximum atomic E-state index is 9.88. The molecule has 1 heterocycles. The van der Waals surface area contributed by atoms with Gasteiger partial charge in [0.15, 0.2) is 6.29 Å². The molecule has 0 saturated carbocycles. The summed E-state index contributed by atoms with van der Waals surface area (Å²) in [5, 5.41) is 29.1. The summed E-state index contributed by atoms with van der Waals surface area (Å²) >= 11 is 0. The summed E-state index contributed by atoms with van der Waals surface area (Å²) < 4.78 is 10.5. The molecule has 0 radical (unpaired) electrons. The van der Waals surface area contributed by atoms with Gasteiger partial charge in [0.05, 0.1) is 12.7 Å². The van der Waals surface area contributed by atoms with Crippen molar-refractivity contribution in [3.8, 4) is 0 Å². The molecule has 5 nitrogen and oxygen atoms in total. The SMILES string of the molecule is C[C@@H]1O[C@@H](O)[C@H](O)[C@H](OCc2ccccc2)[C@H]1O. The minimum absolute atomic E-state index is 0.263. The van der Waals surface area contributed by atoms with Crippen LogP contribution in [0.4, 0.5) is 0 Å². The van der Waals surface area contributed by atoms with Crippen molar-refractivity contribution in [3.05, 3.63) is 35.9 Å². The van der Waals surface area contributed by atoms with E-state index in [1.54, 1.807) is 6.92 Å². The van der Waals surface area contributed by atoms with Crippen LogP contribution in [0.1, 0.15) is 12.5 Å². The standard InChI is InChI=1S/C13H18O5/c1-8-10(14)12(11(15)13(16)18-8)17-7-9-5-3-2-4-6-9/h2-6,8,10-16H,7H2,1H3/t8-,10-,11+,12+,13+/m0/s1.